The summed E-state index contributed by atoms with van der Waals surface area (Å²) >= 11 is 11.5. The molecule has 1 aromatic rings. The Morgan fingerprint density at radius 2 is 2.05 bits per heavy atom. The third-order valence-electron chi connectivity index (χ3n) is 2.15. The lowest BCUT2D eigenvalue weighted by atomic mass is 10.3. The molecule has 1 aromatic carbocycles. The molecular formula is C10H12Cl2N2O4S. The second kappa shape index (κ2) is 6.42. The first-order chi connectivity index (χ1) is 8.77. The highest BCUT2D eigenvalue weighted by Crippen LogP contribution is 2.30. The number of nitrogen functional groups attached to an aromatic ring is 1. The molecule has 0 aliphatic rings. The van der Waals surface area contributed by atoms with Gasteiger partial charge in [-0.15, -0.1) is 0 Å². The molecule has 0 aliphatic carbocycles. The van der Waals surface area contributed by atoms with Gasteiger partial charge in [0.1, 0.15) is 4.90 Å². The fourth-order valence-electron chi connectivity index (χ4n) is 1.33. The molecule has 3 N–H and O–H groups in total. The van der Waals surface area contributed by atoms with Gasteiger partial charge in [-0.3, -0.25) is 4.79 Å². The number of carbonyl (C=O) groups is 1. The van der Waals surface area contributed by atoms with Crippen LogP contribution in [0.5, 0.6) is 0 Å². The molecular weight excluding hydrogens is 315 g/mol. The van der Waals surface area contributed by atoms with Gasteiger partial charge in [0.15, 0.2) is 0 Å². The summed E-state index contributed by atoms with van der Waals surface area (Å²) in [5.41, 5.74) is 5.52. The molecule has 0 aromatic heterocycles. The normalized spacial score (nSPS) is 11.3. The van der Waals surface area contributed by atoms with Gasteiger partial charge in [-0.05, 0) is 12.1 Å². The number of sulfonamides is 1. The number of hydrogen-bond acceptors (Lipinski definition) is 5. The maximum absolute atomic E-state index is 12.0. The van der Waals surface area contributed by atoms with E-state index in [-0.39, 0.29) is 33.6 Å². The Hall–Kier alpha value is -1.02. The number of hydrogen-bond donors (Lipinski definition) is 2. The van der Waals surface area contributed by atoms with Crippen LogP contribution in [0, 0.1) is 0 Å². The summed E-state index contributed by atoms with van der Waals surface area (Å²) in [5, 5.41) is 0.145. The number of anilines is 1. The van der Waals surface area contributed by atoms with Crippen LogP contribution in [0.25, 0.3) is 0 Å². The van der Waals surface area contributed by atoms with E-state index >= 15 is 0 Å². The molecule has 0 bridgehead atoms. The van der Waals surface area contributed by atoms with Crippen molar-refractivity contribution >= 4 is 44.9 Å². The molecule has 0 saturated carbocycles. The van der Waals surface area contributed by atoms with E-state index in [1.165, 1.54) is 19.2 Å². The van der Waals surface area contributed by atoms with Crippen LogP contribution in [0.1, 0.15) is 6.42 Å². The molecule has 0 saturated heterocycles. The van der Waals surface area contributed by atoms with Gasteiger partial charge >= 0.3 is 5.97 Å². The number of carbonyl (C=O) groups excluding carboxylic acids is 1. The molecule has 106 valence electrons. The second-order valence-electron chi connectivity index (χ2n) is 3.53. The first-order valence-corrected chi connectivity index (χ1v) is 7.33. The summed E-state index contributed by atoms with van der Waals surface area (Å²) in [4.78, 5) is 10.6. The smallest absolute Gasteiger partial charge is 0.306 e. The van der Waals surface area contributed by atoms with Gasteiger partial charge in [0.25, 0.3) is 0 Å². The van der Waals surface area contributed by atoms with Crippen LogP contribution in [0.2, 0.25) is 10.0 Å². The Kier molecular flexibility index (Phi) is 5.42. The number of nitrogens with one attached hydrogen (secondary N) is 1. The van der Waals surface area contributed by atoms with Crippen LogP contribution < -0.4 is 10.5 Å². The largest absolute Gasteiger partial charge is 0.469 e. The maximum atomic E-state index is 12.0. The Morgan fingerprint density at radius 3 is 2.58 bits per heavy atom. The fraction of sp³-hybridized carbons (Fsp3) is 0.300. The highest BCUT2D eigenvalue weighted by molar-refractivity contribution is 7.89. The van der Waals surface area contributed by atoms with E-state index in [4.69, 9.17) is 28.9 Å². The standard InChI is InChI=1S/C10H12Cl2N2O4S/c1-18-9(15)2-3-14-19(16,17)10-7(12)4-6(11)5-8(10)13/h4-5,14H,2-3,13H2,1H3. The number of ether oxygens (including phenoxy) is 1. The number of esters is 1. The highest BCUT2D eigenvalue weighted by Gasteiger charge is 2.21. The summed E-state index contributed by atoms with van der Waals surface area (Å²) in [6.45, 7) is -0.118. The van der Waals surface area contributed by atoms with Crippen LogP contribution in [0.4, 0.5) is 5.69 Å². The van der Waals surface area contributed by atoms with Gasteiger partial charge in [0.05, 0.1) is 24.2 Å². The third-order valence-corrected chi connectivity index (χ3v) is 4.36. The van der Waals surface area contributed by atoms with Gasteiger partial charge in [0, 0.05) is 11.6 Å². The van der Waals surface area contributed by atoms with Crippen LogP contribution >= 0.6 is 23.2 Å². The minimum Gasteiger partial charge on any atom is -0.469 e. The first-order valence-electron chi connectivity index (χ1n) is 5.09. The number of benzene rings is 1. The molecule has 0 fully saturated rings. The fourth-order valence-corrected chi connectivity index (χ4v) is 3.34. The average Bonchev–Trinajstić information content (AvgIpc) is 2.26. The van der Waals surface area contributed by atoms with E-state index < -0.39 is 16.0 Å². The van der Waals surface area contributed by atoms with E-state index in [2.05, 4.69) is 9.46 Å². The number of halogens is 2. The van der Waals surface area contributed by atoms with E-state index in [0.717, 1.165) is 0 Å². The van der Waals surface area contributed by atoms with Gasteiger partial charge in [-0.1, -0.05) is 23.2 Å². The van der Waals surface area contributed by atoms with Crippen molar-refractivity contribution in [1.82, 2.24) is 4.72 Å². The number of rotatable bonds is 5. The lowest BCUT2D eigenvalue weighted by molar-refractivity contribution is -0.140. The minimum atomic E-state index is -3.92. The number of methoxy groups -OCH3 is 1. The molecule has 0 radical (unpaired) electrons. The van der Waals surface area contributed by atoms with Crippen LogP contribution in [0.3, 0.4) is 0 Å². The van der Waals surface area contributed by atoms with Crippen molar-refractivity contribution in [2.45, 2.75) is 11.3 Å². The molecule has 0 amide bonds. The summed E-state index contributed by atoms with van der Waals surface area (Å²) < 4.78 is 30.6. The Morgan fingerprint density at radius 1 is 1.42 bits per heavy atom. The van der Waals surface area contributed by atoms with Crippen LogP contribution in [-0.4, -0.2) is 28.0 Å². The lowest BCUT2D eigenvalue weighted by Gasteiger charge is -2.10. The van der Waals surface area contributed by atoms with Crippen molar-refractivity contribution in [3.8, 4) is 0 Å². The second-order valence-corrected chi connectivity index (χ2v) is 6.08. The van der Waals surface area contributed by atoms with Crippen LogP contribution in [-0.2, 0) is 19.6 Å². The van der Waals surface area contributed by atoms with Crippen molar-refractivity contribution in [2.75, 3.05) is 19.4 Å². The molecule has 0 unspecified atom stereocenters. The lowest BCUT2D eigenvalue weighted by Crippen LogP contribution is -2.27. The predicted octanol–water partition coefficient (Wildman–Crippen LogP) is 1.42. The van der Waals surface area contributed by atoms with Crippen molar-refractivity contribution in [1.29, 1.82) is 0 Å². The molecule has 0 spiro atoms. The third kappa shape index (κ3) is 4.24. The predicted molar refractivity (Wildman–Crippen MR) is 72.7 cm³/mol. The zero-order chi connectivity index (χ0) is 14.6. The molecule has 0 heterocycles. The summed E-state index contributed by atoms with van der Waals surface area (Å²) in [5.74, 6) is -0.530. The molecule has 1 rings (SSSR count). The molecule has 9 heteroatoms. The first kappa shape index (κ1) is 16.0. The van der Waals surface area contributed by atoms with E-state index in [9.17, 15) is 13.2 Å². The van der Waals surface area contributed by atoms with Gasteiger partial charge in [-0.25, -0.2) is 13.1 Å². The summed E-state index contributed by atoms with van der Waals surface area (Å²) in [6, 6.07) is 2.55. The van der Waals surface area contributed by atoms with Gasteiger partial charge in [-0.2, -0.15) is 0 Å². The van der Waals surface area contributed by atoms with Crippen molar-refractivity contribution in [3.63, 3.8) is 0 Å². The van der Waals surface area contributed by atoms with Crippen molar-refractivity contribution < 1.29 is 17.9 Å². The molecule has 0 atom stereocenters. The quantitative estimate of drug-likeness (QED) is 0.629. The highest BCUT2D eigenvalue weighted by atomic mass is 35.5. The summed E-state index contributed by atoms with van der Waals surface area (Å²) in [6.07, 6.45) is -0.0964. The van der Waals surface area contributed by atoms with Crippen molar-refractivity contribution in [3.05, 3.63) is 22.2 Å². The topological polar surface area (TPSA) is 98.5 Å². The maximum Gasteiger partial charge on any atom is 0.306 e. The zero-order valence-corrected chi connectivity index (χ0v) is 12.3. The number of nitrogens with two attached hydrogens (primary N) is 1. The van der Waals surface area contributed by atoms with Gasteiger partial charge < -0.3 is 10.5 Å². The van der Waals surface area contributed by atoms with Gasteiger partial charge in [0.2, 0.25) is 10.0 Å². The van der Waals surface area contributed by atoms with Crippen molar-refractivity contribution in [2.24, 2.45) is 0 Å². The summed E-state index contributed by atoms with van der Waals surface area (Å²) in [7, 11) is -2.70. The van der Waals surface area contributed by atoms with Crippen LogP contribution in [0.15, 0.2) is 17.0 Å². The molecule has 6 nitrogen and oxygen atoms in total. The SMILES string of the molecule is COC(=O)CCNS(=O)(=O)c1c(N)cc(Cl)cc1Cl. The minimum absolute atomic E-state index is 0.0666. The Labute approximate surface area is 120 Å². The molecule has 0 aliphatic heterocycles. The van der Waals surface area contributed by atoms with E-state index in [0.29, 0.717) is 0 Å². The van der Waals surface area contributed by atoms with E-state index in [1.54, 1.807) is 0 Å². The Balaban J connectivity index is 2.92. The van der Waals surface area contributed by atoms with E-state index in [1.807, 2.05) is 0 Å². The Bertz CT molecular complexity index is 566. The zero-order valence-electron chi connectivity index (χ0n) is 9.94. The average molecular weight is 327 g/mol. The molecule has 19 heavy (non-hydrogen) atoms. The monoisotopic (exact) mass is 326 g/mol.